The van der Waals surface area contributed by atoms with Gasteiger partial charge in [-0.2, -0.15) is 0 Å². The quantitative estimate of drug-likeness (QED) is 0.713. The van der Waals surface area contributed by atoms with Crippen molar-refractivity contribution in [2.75, 3.05) is 0 Å². The van der Waals surface area contributed by atoms with Crippen molar-refractivity contribution in [2.45, 2.75) is 26.2 Å². The summed E-state index contributed by atoms with van der Waals surface area (Å²) in [4.78, 5) is 3.30. The van der Waals surface area contributed by atoms with E-state index in [4.69, 9.17) is 0 Å². The number of benzene rings is 1. The number of aromatic amines is 1. The minimum atomic E-state index is 0.649. The fourth-order valence-corrected chi connectivity index (χ4v) is 1.72. The monoisotopic (exact) mass is 173 g/mol. The number of H-pyrrole nitrogens is 1. The van der Waals surface area contributed by atoms with E-state index in [0.29, 0.717) is 5.92 Å². The second-order valence-electron chi connectivity index (χ2n) is 3.60. The normalized spacial score (nSPS) is 13.4. The zero-order chi connectivity index (χ0) is 9.26. The van der Waals surface area contributed by atoms with Crippen molar-refractivity contribution >= 4 is 10.9 Å². The van der Waals surface area contributed by atoms with Crippen LogP contribution < -0.4 is 0 Å². The molecule has 0 radical (unpaired) electrons. The van der Waals surface area contributed by atoms with E-state index in [1.54, 1.807) is 0 Å². The summed E-state index contributed by atoms with van der Waals surface area (Å²) in [6, 6.07) is 8.48. The van der Waals surface area contributed by atoms with Gasteiger partial charge in [-0.1, -0.05) is 32.0 Å². The Kier molecular flexibility index (Phi) is 2.09. The van der Waals surface area contributed by atoms with Gasteiger partial charge < -0.3 is 4.98 Å². The van der Waals surface area contributed by atoms with Crippen LogP contribution >= 0.6 is 0 Å². The average molecular weight is 173 g/mol. The highest BCUT2D eigenvalue weighted by Crippen LogP contribution is 2.26. The highest BCUT2D eigenvalue weighted by Gasteiger charge is 2.07. The lowest BCUT2D eigenvalue weighted by molar-refractivity contribution is 0.739. The molecule has 2 rings (SSSR count). The Labute approximate surface area is 78.8 Å². The lowest BCUT2D eigenvalue weighted by Gasteiger charge is -2.05. The molecule has 1 aromatic carbocycles. The van der Waals surface area contributed by atoms with Crippen LogP contribution in [-0.4, -0.2) is 4.98 Å². The SMILES string of the molecule is CC[C@H](C)c1c[nH]c2ccccc12. The van der Waals surface area contributed by atoms with Gasteiger partial charge in [-0.25, -0.2) is 0 Å². The van der Waals surface area contributed by atoms with Crippen molar-refractivity contribution in [1.82, 2.24) is 4.98 Å². The van der Waals surface area contributed by atoms with Gasteiger partial charge in [0.2, 0.25) is 0 Å². The van der Waals surface area contributed by atoms with Gasteiger partial charge in [0.1, 0.15) is 0 Å². The molecule has 0 saturated heterocycles. The van der Waals surface area contributed by atoms with Gasteiger partial charge in [-0.05, 0) is 24.0 Å². The number of hydrogen-bond donors (Lipinski definition) is 1. The van der Waals surface area contributed by atoms with Crippen LogP contribution in [0.2, 0.25) is 0 Å². The molecule has 2 aromatic rings. The number of nitrogens with one attached hydrogen (secondary N) is 1. The Morgan fingerprint density at radius 3 is 2.85 bits per heavy atom. The van der Waals surface area contributed by atoms with Crippen molar-refractivity contribution in [3.05, 3.63) is 36.0 Å². The molecule has 0 unspecified atom stereocenters. The molecule has 0 saturated carbocycles. The number of fused-ring (bicyclic) bond motifs is 1. The van der Waals surface area contributed by atoms with Crippen LogP contribution in [0.3, 0.4) is 0 Å². The van der Waals surface area contributed by atoms with E-state index in [1.165, 1.54) is 22.9 Å². The van der Waals surface area contributed by atoms with Crippen LogP contribution in [0.5, 0.6) is 0 Å². The summed E-state index contributed by atoms with van der Waals surface area (Å²) in [6.07, 6.45) is 3.33. The highest BCUT2D eigenvalue weighted by atomic mass is 14.7. The molecule has 0 aliphatic heterocycles. The summed E-state index contributed by atoms with van der Waals surface area (Å²) < 4.78 is 0. The minimum Gasteiger partial charge on any atom is -0.361 e. The molecule has 0 fully saturated rings. The fourth-order valence-electron chi connectivity index (χ4n) is 1.72. The van der Waals surface area contributed by atoms with E-state index in [2.05, 4.69) is 49.3 Å². The highest BCUT2D eigenvalue weighted by molar-refractivity contribution is 5.83. The molecule has 0 bridgehead atoms. The van der Waals surface area contributed by atoms with Gasteiger partial charge in [-0.15, -0.1) is 0 Å². The first-order valence-electron chi connectivity index (χ1n) is 4.89. The molecule has 0 spiro atoms. The van der Waals surface area contributed by atoms with Crippen molar-refractivity contribution in [1.29, 1.82) is 0 Å². The summed E-state index contributed by atoms with van der Waals surface area (Å²) in [7, 11) is 0. The van der Waals surface area contributed by atoms with Gasteiger partial charge in [0.15, 0.2) is 0 Å². The van der Waals surface area contributed by atoms with E-state index in [1.807, 2.05) is 0 Å². The van der Waals surface area contributed by atoms with Crippen LogP contribution in [0.4, 0.5) is 0 Å². The summed E-state index contributed by atoms with van der Waals surface area (Å²) >= 11 is 0. The number of aromatic nitrogens is 1. The molecule has 1 atom stereocenters. The summed E-state index contributed by atoms with van der Waals surface area (Å²) in [6.45, 7) is 4.50. The van der Waals surface area contributed by atoms with Gasteiger partial charge in [0, 0.05) is 17.1 Å². The molecule has 1 heteroatoms. The standard InChI is InChI=1S/C12H15N/c1-3-9(2)11-8-13-12-7-5-4-6-10(11)12/h4-9,13H,3H2,1-2H3/t9-/m0/s1. The predicted octanol–water partition coefficient (Wildman–Crippen LogP) is 3.68. The van der Waals surface area contributed by atoms with Crippen LogP contribution in [0.1, 0.15) is 31.7 Å². The summed E-state index contributed by atoms with van der Waals surface area (Å²) in [5, 5.41) is 1.37. The van der Waals surface area contributed by atoms with Crippen LogP contribution in [0, 0.1) is 0 Å². The lowest BCUT2D eigenvalue weighted by Crippen LogP contribution is -1.88. The third-order valence-electron chi connectivity index (χ3n) is 2.76. The molecule has 0 aliphatic carbocycles. The van der Waals surface area contributed by atoms with Crippen molar-refractivity contribution in [3.63, 3.8) is 0 Å². The number of para-hydroxylation sites is 1. The molecule has 1 aromatic heterocycles. The maximum atomic E-state index is 3.30. The van der Waals surface area contributed by atoms with E-state index < -0.39 is 0 Å². The first-order chi connectivity index (χ1) is 6.33. The molecular formula is C12H15N. The predicted molar refractivity (Wildman–Crippen MR) is 57.0 cm³/mol. The Hall–Kier alpha value is -1.24. The van der Waals surface area contributed by atoms with Gasteiger partial charge in [0.05, 0.1) is 0 Å². The molecule has 13 heavy (non-hydrogen) atoms. The first-order valence-corrected chi connectivity index (χ1v) is 4.89. The van der Waals surface area contributed by atoms with Crippen molar-refractivity contribution in [3.8, 4) is 0 Å². The topological polar surface area (TPSA) is 15.8 Å². The first kappa shape index (κ1) is 8.36. The molecule has 0 aliphatic rings. The Morgan fingerprint density at radius 2 is 2.08 bits per heavy atom. The smallest absolute Gasteiger partial charge is 0.0456 e. The molecule has 1 heterocycles. The van der Waals surface area contributed by atoms with E-state index in [-0.39, 0.29) is 0 Å². The van der Waals surface area contributed by atoms with Gasteiger partial charge in [-0.3, -0.25) is 0 Å². The van der Waals surface area contributed by atoms with Crippen LogP contribution in [-0.2, 0) is 0 Å². The van der Waals surface area contributed by atoms with E-state index >= 15 is 0 Å². The number of rotatable bonds is 2. The third kappa shape index (κ3) is 1.35. The maximum absolute atomic E-state index is 3.30. The minimum absolute atomic E-state index is 0.649. The fraction of sp³-hybridized carbons (Fsp3) is 0.333. The molecule has 1 nitrogen and oxygen atoms in total. The lowest BCUT2D eigenvalue weighted by atomic mass is 9.98. The maximum Gasteiger partial charge on any atom is 0.0456 e. The zero-order valence-corrected chi connectivity index (χ0v) is 8.17. The van der Waals surface area contributed by atoms with Crippen LogP contribution in [0.15, 0.2) is 30.5 Å². The van der Waals surface area contributed by atoms with Crippen LogP contribution in [0.25, 0.3) is 10.9 Å². The Bertz CT molecular complexity index is 400. The second kappa shape index (κ2) is 3.25. The number of hydrogen-bond acceptors (Lipinski definition) is 0. The summed E-state index contributed by atoms with van der Waals surface area (Å²) in [5.41, 5.74) is 2.69. The van der Waals surface area contributed by atoms with Crippen molar-refractivity contribution in [2.24, 2.45) is 0 Å². The van der Waals surface area contributed by atoms with Crippen molar-refractivity contribution < 1.29 is 0 Å². The Balaban J connectivity index is 2.57. The largest absolute Gasteiger partial charge is 0.361 e. The van der Waals surface area contributed by atoms with E-state index in [0.717, 1.165) is 0 Å². The molecule has 1 N–H and O–H groups in total. The van der Waals surface area contributed by atoms with Gasteiger partial charge >= 0.3 is 0 Å². The molecular weight excluding hydrogens is 158 g/mol. The Morgan fingerprint density at radius 1 is 1.31 bits per heavy atom. The average Bonchev–Trinajstić information content (AvgIpc) is 2.60. The second-order valence-corrected chi connectivity index (χ2v) is 3.60. The third-order valence-corrected chi connectivity index (χ3v) is 2.76. The molecule has 0 amide bonds. The summed E-state index contributed by atoms with van der Waals surface area (Å²) in [5.74, 6) is 0.649. The van der Waals surface area contributed by atoms with E-state index in [9.17, 15) is 0 Å². The molecule has 68 valence electrons. The zero-order valence-electron chi connectivity index (χ0n) is 8.17. The van der Waals surface area contributed by atoms with Gasteiger partial charge in [0.25, 0.3) is 0 Å².